The number of aliphatic hydroxyl groups is 1. The van der Waals surface area contributed by atoms with Gasteiger partial charge < -0.3 is 29.7 Å². The molecule has 2 heterocycles. The third-order valence-corrected chi connectivity index (χ3v) is 6.61. The standard InChI is InChI=1S/C27H39N3O6/c1-3-36-26(33)23-11-9-7-5-4-6-8-10-16-29(18-20-12-14-22(35-2)15-13-20)27(34)30-19-21(31)17-24(30)25(32)28-23/h5,7,12-15,21,23-24,31H,3-4,6,8-11,16-19H2,1-2H3,(H,28,32). The van der Waals surface area contributed by atoms with E-state index in [0.717, 1.165) is 37.0 Å². The Labute approximate surface area is 213 Å². The van der Waals surface area contributed by atoms with E-state index in [4.69, 9.17) is 9.47 Å². The molecule has 3 amide bonds. The molecule has 36 heavy (non-hydrogen) atoms. The number of hydrogen-bond donors (Lipinski definition) is 2. The van der Waals surface area contributed by atoms with Gasteiger partial charge in [-0.25, -0.2) is 9.59 Å². The summed E-state index contributed by atoms with van der Waals surface area (Å²) in [4.78, 5) is 42.6. The van der Waals surface area contributed by atoms with E-state index in [1.807, 2.05) is 30.3 Å². The van der Waals surface area contributed by atoms with E-state index in [2.05, 4.69) is 11.4 Å². The maximum Gasteiger partial charge on any atom is 0.328 e. The van der Waals surface area contributed by atoms with Crippen molar-refractivity contribution >= 4 is 17.9 Å². The van der Waals surface area contributed by atoms with Gasteiger partial charge in [-0.1, -0.05) is 30.7 Å². The number of carbonyl (C=O) groups is 3. The van der Waals surface area contributed by atoms with Crippen LogP contribution in [0.15, 0.2) is 36.4 Å². The Morgan fingerprint density at radius 3 is 2.58 bits per heavy atom. The zero-order chi connectivity index (χ0) is 25.9. The summed E-state index contributed by atoms with van der Waals surface area (Å²) in [5.41, 5.74) is 0.949. The average molecular weight is 502 g/mol. The third kappa shape index (κ3) is 7.71. The molecule has 0 bridgehead atoms. The van der Waals surface area contributed by atoms with Crippen molar-refractivity contribution in [3.8, 4) is 5.75 Å². The van der Waals surface area contributed by atoms with Crippen molar-refractivity contribution in [2.45, 2.75) is 76.6 Å². The molecule has 0 aliphatic carbocycles. The highest BCUT2D eigenvalue weighted by Crippen LogP contribution is 2.23. The smallest absolute Gasteiger partial charge is 0.328 e. The predicted molar refractivity (Wildman–Crippen MR) is 135 cm³/mol. The molecule has 3 rings (SSSR count). The van der Waals surface area contributed by atoms with Gasteiger partial charge in [-0.05, 0) is 56.7 Å². The van der Waals surface area contributed by atoms with Gasteiger partial charge in [0.05, 0.1) is 19.8 Å². The molecule has 0 spiro atoms. The number of allylic oxidation sites excluding steroid dienone is 2. The minimum absolute atomic E-state index is 0.0723. The van der Waals surface area contributed by atoms with E-state index in [-0.39, 0.29) is 25.6 Å². The Morgan fingerprint density at radius 1 is 1.11 bits per heavy atom. The minimum Gasteiger partial charge on any atom is -0.497 e. The first-order valence-electron chi connectivity index (χ1n) is 12.9. The van der Waals surface area contributed by atoms with Crippen LogP contribution in [0.25, 0.3) is 0 Å². The molecular weight excluding hydrogens is 462 g/mol. The van der Waals surface area contributed by atoms with Gasteiger partial charge in [-0.3, -0.25) is 4.79 Å². The lowest BCUT2D eigenvalue weighted by Gasteiger charge is -2.32. The van der Waals surface area contributed by atoms with E-state index in [1.54, 1.807) is 18.9 Å². The van der Waals surface area contributed by atoms with Gasteiger partial charge in [-0.15, -0.1) is 0 Å². The quantitative estimate of drug-likeness (QED) is 0.474. The monoisotopic (exact) mass is 501 g/mol. The number of ether oxygens (including phenoxy) is 2. The highest BCUT2D eigenvalue weighted by Gasteiger charge is 2.41. The number of amides is 3. The Bertz CT molecular complexity index is 903. The molecule has 1 fully saturated rings. The second-order valence-electron chi connectivity index (χ2n) is 9.32. The summed E-state index contributed by atoms with van der Waals surface area (Å²) in [5.74, 6) is -0.196. The van der Waals surface area contributed by atoms with Crippen molar-refractivity contribution in [1.29, 1.82) is 0 Å². The second kappa shape index (κ2) is 13.9. The van der Waals surface area contributed by atoms with Crippen LogP contribution in [0.1, 0.15) is 57.4 Å². The number of fused-ring (bicyclic) bond motifs is 1. The van der Waals surface area contributed by atoms with Crippen LogP contribution in [0, 0.1) is 0 Å². The molecule has 2 aliphatic rings. The summed E-state index contributed by atoms with van der Waals surface area (Å²) >= 11 is 0. The lowest BCUT2D eigenvalue weighted by molar-refractivity contribution is -0.148. The van der Waals surface area contributed by atoms with E-state index >= 15 is 0 Å². The molecular formula is C27H39N3O6. The lowest BCUT2D eigenvalue weighted by Crippen LogP contribution is -2.53. The molecule has 1 aromatic rings. The average Bonchev–Trinajstić information content (AvgIpc) is 3.27. The van der Waals surface area contributed by atoms with Gasteiger partial charge in [0.25, 0.3) is 0 Å². The largest absolute Gasteiger partial charge is 0.497 e. The van der Waals surface area contributed by atoms with Crippen molar-refractivity contribution in [2.75, 3.05) is 26.8 Å². The third-order valence-electron chi connectivity index (χ3n) is 6.61. The molecule has 0 radical (unpaired) electrons. The van der Waals surface area contributed by atoms with Crippen molar-refractivity contribution in [3.63, 3.8) is 0 Å². The Morgan fingerprint density at radius 2 is 1.86 bits per heavy atom. The van der Waals surface area contributed by atoms with E-state index in [9.17, 15) is 19.5 Å². The zero-order valence-corrected chi connectivity index (χ0v) is 21.4. The maximum absolute atomic E-state index is 13.7. The summed E-state index contributed by atoms with van der Waals surface area (Å²) < 4.78 is 10.4. The van der Waals surface area contributed by atoms with Gasteiger partial charge in [-0.2, -0.15) is 0 Å². The van der Waals surface area contributed by atoms with Gasteiger partial charge in [0.2, 0.25) is 5.91 Å². The van der Waals surface area contributed by atoms with Crippen LogP contribution in [0.2, 0.25) is 0 Å². The second-order valence-corrected chi connectivity index (χ2v) is 9.32. The number of urea groups is 1. The van der Waals surface area contributed by atoms with Crippen molar-refractivity contribution in [3.05, 3.63) is 42.0 Å². The lowest BCUT2D eigenvalue weighted by atomic mass is 10.1. The van der Waals surface area contributed by atoms with Crippen molar-refractivity contribution in [2.24, 2.45) is 0 Å². The fraction of sp³-hybridized carbons (Fsp3) is 0.593. The number of benzene rings is 1. The molecule has 198 valence electrons. The van der Waals surface area contributed by atoms with Crippen LogP contribution >= 0.6 is 0 Å². The molecule has 0 aromatic heterocycles. The number of nitrogens with zero attached hydrogens (tertiary/aromatic N) is 2. The normalized spacial score (nSPS) is 24.2. The number of hydrogen-bond acceptors (Lipinski definition) is 6. The minimum atomic E-state index is -0.855. The van der Waals surface area contributed by atoms with Crippen LogP contribution in [0.4, 0.5) is 4.79 Å². The highest BCUT2D eigenvalue weighted by atomic mass is 16.5. The summed E-state index contributed by atoms with van der Waals surface area (Å²) in [7, 11) is 1.61. The number of methoxy groups -OCH3 is 1. The van der Waals surface area contributed by atoms with Crippen LogP contribution in [-0.2, 0) is 20.9 Å². The maximum atomic E-state index is 13.7. The van der Waals surface area contributed by atoms with Crippen molar-refractivity contribution < 1.29 is 29.0 Å². The van der Waals surface area contributed by atoms with Crippen LogP contribution in [0.5, 0.6) is 5.75 Å². The van der Waals surface area contributed by atoms with Crippen LogP contribution in [0.3, 0.4) is 0 Å². The van der Waals surface area contributed by atoms with Gasteiger partial charge in [0, 0.05) is 26.1 Å². The summed E-state index contributed by atoms with van der Waals surface area (Å²) in [5, 5.41) is 13.2. The summed E-state index contributed by atoms with van der Waals surface area (Å²) in [6.07, 6.45) is 8.24. The van der Waals surface area contributed by atoms with E-state index < -0.39 is 30.1 Å². The number of nitrogens with one attached hydrogen (secondary N) is 1. The molecule has 1 aromatic carbocycles. The number of esters is 1. The molecule has 2 aliphatic heterocycles. The van der Waals surface area contributed by atoms with E-state index in [0.29, 0.717) is 25.9 Å². The number of aliphatic hydroxyl groups excluding tert-OH is 1. The molecule has 3 unspecified atom stereocenters. The first-order chi connectivity index (χ1) is 17.4. The fourth-order valence-electron chi connectivity index (χ4n) is 4.65. The van der Waals surface area contributed by atoms with Crippen LogP contribution < -0.4 is 10.1 Å². The SMILES string of the molecule is CCOC(=O)C1CCC=CCCCCCN(Cc2ccc(OC)cc2)C(=O)N2CC(O)CC2C(=O)N1. The Hall–Kier alpha value is -3.07. The molecule has 0 saturated carbocycles. The topological polar surface area (TPSA) is 108 Å². The molecule has 2 N–H and O–H groups in total. The molecule has 9 nitrogen and oxygen atoms in total. The predicted octanol–water partition coefficient (Wildman–Crippen LogP) is 3.01. The Balaban J connectivity index is 1.83. The van der Waals surface area contributed by atoms with Gasteiger partial charge in [0.1, 0.15) is 17.8 Å². The summed E-state index contributed by atoms with van der Waals surface area (Å²) in [6, 6.07) is 5.60. The molecule has 1 saturated heterocycles. The summed E-state index contributed by atoms with van der Waals surface area (Å²) in [6.45, 7) is 2.94. The fourth-order valence-corrected chi connectivity index (χ4v) is 4.65. The van der Waals surface area contributed by atoms with E-state index in [1.165, 1.54) is 4.90 Å². The van der Waals surface area contributed by atoms with Crippen LogP contribution in [-0.4, -0.2) is 77.8 Å². The molecule has 9 heteroatoms. The van der Waals surface area contributed by atoms with Crippen molar-refractivity contribution in [1.82, 2.24) is 15.1 Å². The number of rotatable bonds is 5. The first kappa shape index (κ1) is 27.5. The first-order valence-corrected chi connectivity index (χ1v) is 12.9. The Kier molecular flexibility index (Phi) is 10.6. The van der Waals surface area contributed by atoms with Gasteiger partial charge >= 0.3 is 12.0 Å². The zero-order valence-electron chi connectivity index (χ0n) is 21.4. The highest BCUT2D eigenvalue weighted by molar-refractivity contribution is 5.91. The number of carbonyl (C=O) groups excluding carboxylic acids is 3. The van der Waals surface area contributed by atoms with Gasteiger partial charge in [0.15, 0.2) is 0 Å². The molecule has 3 atom stereocenters.